The molecule has 1 aromatic rings. The van der Waals surface area contributed by atoms with Gasteiger partial charge >= 0.3 is 0 Å². The number of benzene rings is 1. The smallest absolute Gasteiger partial charge is 0.253 e. The van der Waals surface area contributed by atoms with Crippen molar-refractivity contribution in [2.24, 2.45) is 5.41 Å². The zero-order valence-electron chi connectivity index (χ0n) is 14.2. The molecule has 0 spiro atoms. The van der Waals surface area contributed by atoms with E-state index in [2.05, 4.69) is 6.92 Å². The minimum absolute atomic E-state index is 0.0190. The maximum absolute atomic E-state index is 12.6. The zero-order chi connectivity index (χ0) is 17.0. The Morgan fingerprint density at radius 3 is 2.26 bits per heavy atom. The van der Waals surface area contributed by atoms with E-state index in [1.165, 1.54) is 0 Å². The molecule has 1 aliphatic rings. The van der Waals surface area contributed by atoms with Gasteiger partial charge in [0, 0.05) is 35.4 Å². The number of carbonyl (C=O) groups excluding carboxylic acids is 1. The lowest BCUT2D eigenvalue weighted by Crippen LogP contribution is -2.44. The van der Waals surface area contributed by atoms with Crippen LogP contribution in [0.4, 0.5) is 0 Å². The molecule has 1 aromatic carbocycles. The molecule has 1 heterocycles. The molecule has 23 heavy (non-hydrogen) atoms. The molecule has 128 valence electrons. The molecule has 1 unspecified atom stereocenters. The molecule has 1 saturated heterocycles. The van der Waals surface area contributed by atoms with Crippen LogP contribution in [0.2, 0.25) is 0 Å². The Balaban J connectivity index is 2.03. The highest BCUT2D eigenvalue weighted by Crippen LogP contribution is 2.34. The molecule has 2 rings (SSSR count). The number of rotatable bonds is 5. The molecule has 0 aliphatic carbocycles. The van der Waals surface area contributed by atoms with Gasteiger partial charge in [-0.05, 0) is 48.9 Å². The van der Waals surface area contributed by atoms with Gasteiger partial charge in [-0.25, -0.2) is 0 Å². The van der Waals surface area contributed by atoms with Gasteiger partial charge in [0.25, 0.3) is 5.91 Å². The van der Waals surface area contributed by atoms with Crippen molar-refractivity contribution < 1.29 is 14.1 Å². The van der Waals surface area contributed by atoms with Crippen molar-refractivity contribution in [3.63, 3.8) is 0 Å². The van der Waals surface area contributed by atoms with Crippen LogP contribution < -0.4 is 0 Å². The van der Waals surface area contributed by atoms with Crippen molar-refractivity contribution >= 4 is 16.7 Å². The Bertz CT molecular complexity index is 554. The number of aliphatic hydroxyl groups is 1. The molecule has 1 aliphatic heterocycles. The molecule has 1 atom stereocenters. The first-order valence-electron chi connectivity index (χ1n) is 8.33. The van der Waals surface area contributed by atoms with Gasteiger partial charge in [-0.2, -0.15) is 0 Å². The third-order valence-electron chi connectivity index (χ3n) is 4.96. The average Bonchev–Trinajstić information content (AvgIpc) is 2.60. The molecule has 1 amide bonds. The van der Waals surface area contributed by atoms with Crippen LogP contribution in [0.1, 0.15) is 50.4 Å². The third kappa shape index (κ3) is 4.01. The molecular formula is C18H27NO3S. The molecule has 1 N–H and O–H groups in total. The summed E-state index contributed by atoms with van der Waals surface area (Å²) in [6.45, 7) is 7.51. The first-order chi connectivity index (χ1) is 10.9. The predicted octanol–water partition coefficient (Wildman–Crippen LogP) is 2.83. The number of hydrogen-bond donors (Lipinski definition) is 1. The summed E-state index contributed by atoms with van der Waals surface area (Å²) in [5.41, 5.74) is 0.622. The van der Waals surface area contributed by atoms with Gasteiger partial charge in [0.1, 0.15) is 0 Å². The largest absolute Gasteiger partial charge is 0.396 e. The van der Waals surface area contributed by atoms with E-state index in [0.717, 1.165) is 24.2 Å². The molecule has 0 aromatic heterocycles. The number of hydrogen-bond acceptors (Lipinski definition) is 3. The summed E-state index contributed by atoms with van der Waals surface area (Å²) < 4.78 is 12.1. The van der Waals surface area contributed by atoms with Gasteiger partial charge < -0.3 is 10.0 Å². The van der Waals surface area contributed by atoms with Crippen LogP contribution in [0.5, 0.6) is 0 Å². The van der Waals surface area contributed by atoms with Gasteiger partial charge in [-0.3, -0.25) is 9.00 Å². The second-order valence-electron chi connectivity index (χ2n) is 6.67. The second kappa shape index (κ2) is 7.58. The van der Waals surface area contributed by atoms with Crippen LogP contribution in [-0.2, 0) is 10.8 Å². The number of piperidine rings is 1. The Hall–Kier alpha value is -1.20. The first kappa shape index (κ1) is 18.1. The van der Waals surface area contributed by atoms with Gasteiger partial charge in [-0.15, -0.1) is 0 Å². The molecule has 4 nitrogen and oxygen atoms in total. The Kier molecular flexibility index (Phi) is 5.98. The minimum atomic E-state index is -1.03. The topological polar surface area (TPSA) is 57.6 Å². The van der Waals surface area contributed by atoms with Crippen LogP contribution in [-0.4, -0.2) is 45.1 Å². The summed E-state index contributed by atoms with van der Waals surface area (Å²) in [5, 5.41) is 9.65. The highest BCUT2D eigenvalue weighted by Gasteiger charge is 2.34. The van der Waals surface area contributed by atoms with E-state index in [-0.39, 0.29) is 23.2 Å². The molecule has 0 bridgehead atoms. The molecule has 0 saturated carbocycles. The lowest BCUT2D eigenvalue weighted by molar-refractivity contribution is 0.0338. The zero-order valence-corrected chi connectivity index (χ0v) is 15.1. The van der Waals surface area contributed by atoms with Crippen molar-refractivity contribution in [2.45, 2.75) is 50.2 Å². The van der Waals surface area contributed by atoms with E-state index in [9.17, 15) is 14.1 Å². The van der Waals surface area contributed by atoms with E-state index in [0.29, 0.717) is 18.7 Å². The van der Waals surface area contributed by atoms with Crippen molar-refractivity contribution in [1.82, 2.24) is 4.90 Å². The quantitative estimate of drug-likeness (QED) is 0.899. The van der Waals surface area contributed by atoms with Crippen LogP contribution in [0.25, 0.3) is 0 Å². The lowest BCUT2D eigenvalue weighted by Gasteiger charge is -2.40. The summed E-state index contributed by atoms with van der Waals surface area (Å²) in [5.74, 6) is 0.0227. The fraction of sp³-hybridized carbons (Fsp3) is 0.611. The van der Waals surface area contributed by atoms with E-state index in [1.807, 2.05) is 18.7 Å². The molecule has 1 fully saturated rings. The lowest BCUT2D eigenvalue weighted by atomic mass is 9.77. The van der Waals surface area contributed by atoms with Gasteiger partial charge in [0.15, 0.2) is 0 Å². The molecule has 0 radical (unpaired) electrons. The van der Waals surface area contributed by atoms with Gasteiger partial charge in [0.2, 0.25) is 0 Å². The average molecular weight is 337 g/mol. The predicted molar refractivity (Wildman–Crippen MR) is 92.9 cm³/mol. The van der Waals surface area contributed by atoms with Crippen molar-refractivity contribution in [3.05, 3.63) is 29.8 Å². The maximum Gasteiger partial charge on any atom is 0.253 e. The van der Waals surface area contributed by atoms with Gasteiger partial charge in [0.05, 0.1) is 10.8 Å². The number of aliphatic hydroxyl groups excluding tert-OH is 1. The van der Waals surface area contributed by atoms with Crippen molar-refractivity contribution in [2.75, 3.05) is 19.7 Å². The number of nitrogens with zero attached hydrogens (tertiary/aromatic N) is 1. The summed E-state index contributed by atoms with van der Waals surface area (Å²) >= 11 is 0. The SMILES string of the molecule is CCC1(CO)CCN(C(=O)c2ccc(S(=O)C(C)C)cc2)CC1. The number of likely N-dealkylation sites (tertiary alicyclic amines) is 1. The van der Waals surface area contributed by atoms with E-state index < -0.39 is 10.8 Å². The minimum Gasteiger partial charge on any atom is -0.396 e. The molecular weight excluding hydrogens is 310 g/mol. The van der Waals surface area contributed by atoms with E-state index in [4.69, 9.17) is 0 Å². The fourth-order valence-electron chi connectivity index (χ4n) is 2.99. The Morgan fingerprint density at radius 1 is 1.26 bits per heavy atom. The summed E-state index contributed by atoms with van der Waals surface area (Å²) in [7, 11) is -1.03. The molecule has 5 heteroatoms. The van der Waals surface area contributed by atoms with Crippen LogP contribution in [0.15, 0.2) is 29.2 Å². The Labute approximate surface area is 141 Å². The summed E-state index contributed by atoms with van der Waals surface area (Å²) in [6.07, 6.45) is 2.64. The Morgan fingerprint density at radius 2 is 1.83 bits per heavy atom. The van der Waals surface area contributed by atoms with E-state index in [1.54, 1.807) is 24.3 Å². The summed E-state index contributed by atoms with van der Waals surface area (Å²) in [4.78, 5) is 15.2. The van der Waals surface area contributed by atoms with Gasteiger partial charge in [-0.1, -0.05) is 20.8 Å². The van der Waals surface area contributed by atoms with E-state index >= 15 is 0 Å². The van der Waals surface area contributed by atoms with Crippen molar-refractivity contribution in [1.29, 1.82) is 0 Å². The second-order valence-corrected chi connectivity index (χ2v) is 8.68. The number of amides is 1. The first-order valence-corrected chi connectivity index (χ1v) is 9.54. The van der Waals surface area contributed by atoms with Crippen LogP contribution in [0, 0.1) is 5.41 Å². The normalized spacial score (nSPS) is 18.9. The fourth-order valence-corrected chi connectivity index (χ4v) is 3.94. The van der Waals surface area contributed by atoms with Crippen molar-refractivity contribution in [3.8, 4) is 0 Å². The van der Waals surface area contributed by atoms with Crippen LogP contribution >= 0.6 is 0 Å². The number of carbonyl (C=O) groups is 1. The monoisotopic (exact) mass is 337 g/mol. The highest BCUT2D eigenvalue weighted by atomic mass is 32.2. The summed E-state index contributed by atoms with van der Waals surface area (Å²) in [6, 6.07) is 7.12. The van der Waals surface area contributed by atoms with Crippen LogP contribution in [0.3, 0.4) is 0 Å². The third-order valence-corrected chi connectivity index (χ3v) is 6.55. The maximum atomic E-state index is 12.6. The highest BCUT2D eigenvalue weighted by molar-refractivity contribution is 7.85. The standard InChI is InChI=1S/C18H27NO3S/c1-4-18(13-20)9-11-19(12-10-18)17(21)15-5-7-16(8-6-15)23(22)14(2)3/h5-8,14,20H,4,9-13H2,1-3H3.